The van der Waals surface area contributed by atoms with Crippen LogP contribution in [0.25, 0.3) is 0 Å². The normalized spacial score (nSPS) is 17.2. The molecule has 0 amide bonds. The van der Waals surface area contributed by atoms with Crippen molar-refractivity contribution in [2.24, 2.45) is 0 Å². The minimum Gasteiger partial charge on any atom is -0.461 e. The predicted molar refractivity (Wildman–Crippen MR) is 107 cm³/mol. The van der Waals surface area contributed by atoms with Gasteiger partial charge in [0.1, 0.15) is 17.9 Å². The molecule has 0 radical (unpaired) electrons. The molecular weight excluding hydrogens is 472 g/mol. The monoisotopic (exact) mass is 493 g/mol. The van der Waals surface area contributed by atoms with Crippen LogP contribution in [0.4, 0.5) is 22.0 Å². The van der Waals surface area contributed by atoms with Gasteiger partial charge in [-0.05, 0) is 44.7 Å². The number of para-hydroxylation sites is 1. The average molecular weight is 493 g/mol. The molecule has 1 aliphatic rings. The van der Waals surface area contributed by atoms with Crippen LogP contribution >= 0.6 is 7.75 Å². The van der Waals surface area contributed by atoms with E-state index in [9.17, 15) is 31.3 Å². The van der Waals surface area contributed by atoms with Gasteiger partial charge in [0, 0.05) is 0 Å². The van der Waals surface area contributed by atoms with Gasteiger partial charge < -0.3 is 13.8 Å². The van der Waals surface area contributed by atoms with Gasteiger partial charge in [-0.3, -0.25) is 4.79 Å². The zero-order valence-electron chi connectivity index (χ0n) is 17.5. The Kier molecular flexibility index (Phi) is 7.97. The molecule has 180 valence electrons. The zero-order chi connectivity index (χ0) is 24.2. The van der Waals surface area contributed by atoms with Gasteiger partial charge in [0.05, 0.1) is 0 Å². The lowest BCUT2D eigenvalue weighted by atomic mass is 9.98. The highest BCUT2D eigenvalue weighted by atomic mass is 31.2. The van der Waals surface area contributed by atoms with Gasteiger partial charge in [-0.1, -0.05) is 24.6 Å². The third kappa shape index (κ3) is 6.03. The molecule has 0 saturated heterocycles. The van der Waals surface area contributed by atoms with Gasteiger partial charge in [-0.25, -0.2) is 17.7 Å². The number of halogens is 5. The molecule has 2 atom stereocenters. The highest BCUT2D eigenvalue weighted by Crippen LogP contribution is 2.47. The standard InChI is InChI=1S/C21H21F5NO5P/c1-12(21(28)30-13-8-4-2-5-9-13)27-33(29,31-14-10-6-3-7-11-14)32-20-18(25)16(23)15(22)17(24)19(20)26/h3,6-7,10-13H,2,4-5,8-9H2,1H3,(H,27,29)/t12-,33-/m0/s1. The van der Waals surface area contributed by atoms with Crippen LogP contribution < -0.4 is 14.1 Å². The maximum Gasteiger partial charge on any atom is 0.513 e. The molecule has 0 bridgehead atoms. The molecule has 1 saturated carbocycles. The lowest BCUT2D eigenvalue weighted by Gasteiger charge is -2.26. The molecule has 6 nitrogen and oxygen atoms in total. The first kappa shape index (κ1) is 25.0. The SMILES string of the molecule is C[C@H](N[P@](=O)(Oc1ccccc1)Oc1c(F)c(F)c(F)c(F)c1F)C(=O)OC1CCCCC1. The van der Waals surface area contributed by atoms with Gasteiger partial charge in [0.2, 0.25) is 34.8 Å². The highest BCUT2D eigenvalue weighted by Gasteiger charge is 2.38. The lowest BCUT2D eigenvalue weighted by molar-refractivity contribution is -0.152. The zero-order valence-corrected chi connectivity index (χ0v) is 18.3. The second-order valence-electron chi connectivity index (χ2n) is 7.44. The van der Waals surface area contributed by atoms with Crippen LogP contribution in [0.2, 0.25) is 0 Å². The molecule has 0 spiro atoms. The van der Waals surface area contributed by atoms with E-state index in [2.05, 4.69) is 5.09 Å². The molecule has 0 aromatic heterocycles. The summed E-state index contributed by atoms with van der Waals surface area (Å²) in [7, 11) is -4.92. The minimum absolute atomic E-state index is 0.120. The maximum atomic E-state index is 14.1. The lowest BCUT2D eigenvalue weighted by Crippen LogP contribution is -2.38. The number of esters is 1. The molecule has 1 aliphatic carbocycles. The quantitative estimate of drug-likeness (QED) is 0.165. The summed E-state index contributed by atoms with van der Waals surface area (Å²) in [6, 6.07) is 5.77. The molecule has 0 aliphatic heterocycles. The Morgan fingerprint density at radius 1 is 0.909 bits per heavy atom. The Morgan fingerprint density at radius 3 is 2.03 bits per heavy atom. The van der Waals surface area contributed by atoms with E-state index < -0.39 is 54.6 Å². The number of carbonyl (C=O) groups excluding carboxylic acids is 1. The fourth-order valence-corrected chi connectivity index (χ4v) is 4.74. The minimum atomic E-state index is -4.92. The van der Waals surface area contributed by atoms with Crippen molar-refractivity contribution >= 4 is 13.7 Å². The summed E-state index contributed by atoms with van der Waals surface area (Å²) < 4.78 is 97.4. The van der Waals surface area contributed by atoms with E-state index in [1.54, 1.807) is 6.07 Å². The van der Waals surface area contributed by atoms with Gasteiger partial charge in [0.15, 0.2) is 0 Å². The van der Waals surface area contributed by atoms with Crippen LogP contribution in [0.3, 0.4) is 0 Å². The summed E-state index contributed by atoms with van der Waals surface area (Å²) in [5.41, 5.74) is 0. The largest absolute Gasteiger partial charge is 0.513 e. The number of nitrogens with one attached hydrogen (secondary N) is 1. The molecule has 1 fully saturated rings. The first-order chi connectivity index (χ1) is 15.6. The highest BCUT2D eigenvalue weighted by molar-refractivity contribution is 7.52. The first-order valence-corrected chi connectivity index (χ1v) is 11.7. The molecule has 33 heavy (non-hydrogen) atoms. The van der Waals surface area contributed by atoms with Crippen molar-refractivity contribution in [3.8, 4) is 11.5 Å². The van der Waals surface area contributed by atoms with Crippen LogP contribution in [0, 0.1) is 29.1 Å². The molecule has 1 N–H and O–H groups in total. The van der Waals surface area contributed by atoms with Crippen molar-refractivity contribution in [3.05, 3.63) is 59.4 Å². The van der Waals surface area contributed by atoms with Crippen LogP contribution in [0.5, 0.6) is 11.5 Å². The number of carbonyl (C=O) groups is 1. The van der Waals surface area contributed by atoms with E-state index in [1.165, 1.54) is 31.2 Å². The van der Waals surface area contributed by atoms with Crippen LogP contribution in [-0.4, -0.2) is 18.1 Å². The van der Waals surface area contributed by atoms with Crippen LogP contribution in [-0.2, 0) is 14.1 Å². The van der Waals surface area contributed by atoms with E-state index in [0.717, 1.165) is 19.3 Å². The van der Waals surface area contributed by atoms with Crippen molar-refractivity contribution in [3.63, 3.8) is 0 Å². The van der Waals surface area contributed by atoms with Gasteiger partial charge in [-0.2, -0.15) is 13.9 Å². The topological polar surface area (TPSA) is 73.9 Å². The van der Waals surface area contributed by atoms with Crippen molar-refractivity contribution < 1.29 is 45.1 Å². The van der Waals surface area contributed by atoms with Crippen molar-refractivity contribution in [2.45, 2.75) is 51.2 Å². The number of ether oxygens (including phenoxy) is 1. The summed E-state index contributed by atoms with van der Waals surface area (Å²) in [6.07, 6.45) is 3.71. The molecule has 3 rings (SSSR count). The fourth-order valence-electron chi connectivity index (χ4n) is 3.22. The summed E-state index contributed by atoms with van der Waals surface area (Å²) in [5, 5.41) is 2.15. The Balaban J connectivity index is 1.87. The van der Waals surface area contributed by atoms with Crippen molar-refractivity contribution in [2.75, 3.05) is 0 Å². The molecule has 2 aromatic rings. The third-order valence-corrected chi connectivity index (χ3v) is 6.47. The number of hydrogen-bond donors (Lipinski definition) is 1. The van der Waals surface area contributed by atoms with Gasteiger partial charge in [0.25, 0.3) is 0 Å². The Bertz CT molecular complexity index is 1020. The summed E-state index contributed by atoms with van der Waals surface area (Å²) in [4.78, 5) is 12.4. The summed E-state index contributed by atoms with van der Waals surface area (Å²) in [5.74, 6) is -14.5. The Labute approximate surface area is 186 Å². The molecule has 2 aromatic carbocycles. The van der Waals surface area contributed by atoms with E-state index in [4.69, 9.17) is 13.8 Å². The Morgan fingerprint density at radius 2 is 1.45 bits per heavy atom. The molecular formula is C21H21F5NO5P. The number of benzene rings is 2. The van der Waals surface area contributed by atoms with E-state index in [1.807, 2.05) is 0 Å². The van der Waals surface area contributed by atoms with Gasteiger partial charge in [-0.15, -0.1) is 0 Å². The van der Waals surface area contributed by atoms with E-state index in [-0.39, 0.29) is 11.9 Å². The second kappa shape index (κ2) is 10.5. The smallest absolute Gasteiger partial charge is 0.461 e. The average Bonchev–Trinajstić information content (AvgIpc) is 2.80. The number of rotatable bonds is 8. The van der Waals surface area contributed by atoms with E-state index >= 15 is 0 Å². The van der Waals surface area contributed by atoms with Crippen molar-refractivity contribution in [1.29, 1.82) is 0 Å². The van der Waals surface area contributed by atoms with Gasteiger partial charge >= 0.3 is 13.7 Å². The summed E-state index contributed by atoms with van der Waals surface area (Å²) >= 11 is 0. The predicted octanol–water partition coefficient (Wildman–Crippen LogP) is 5.80. The molecule has 12 heteroatoms. The second-order valence-corrected chi connectivity index (χ2v) is 9.06. The fraction of sp³-hybridized carbons (Fsp3) is 0.381. The Hall–Kier alpha value is -2.65. The van der Waals surface area contributed by atoms with Crippen LogP contribution in [0.1, 0.15) is 39.0 Å². The van der Waals surface area contributed by atoms with Crippen molar-refractivity contribution in [1.82, 2.24) is 5.09 Å². The number of hydrogen-bond acceptors (Lipinski definition) is 5. The molecule has 0 heterocycles. The van der Waals surface area contributed by atoms with Crippen LogP contribution in [0.15, 0.2) is 30.3 Å². The first-order valence-electron chi connectivity index (χ1n) is 10.2. The molecule has 0 unspecified atom stereocenters. The third-order valence-electron chi connectivity index (χ3n) is 4.89. The van der Waals surface area contributed by atoms with E-state index in [0.29, 0.717) is 12.8 Å². The maximum absolute atomic E-state index is 14.1. The summed E-state index contributed by atoms with van der Waals surface area (Å²) in [6.45, 7) is 1.23.